The Morgan fingerprint density at radius 2 is 1.63 bits per heavy atom. The summed E-state index contributed by atoms with van der Waals surface area (Å²) in [5.41, 5.74) is 2.76. The van der Waals surface area contributed by atoms with Crippen molar-refractivity contribution in [3.8, 4) is 5.69 Å². The van der Waals surface area contributed by atoms with Gasteiger partial charge < -0.3 is 10.6 Å². The Morgan fingerprint density at radius 1 is 1.00 bits per heavy atom. The molecular weight excluding hydrogens is 342 g/mol. The Kier molecular flexibility index (Phi) is 4.42. The fourth-order valence-electron chi connectivity index (χ4n) is 2.87. The molecule has 136 valence electrons. The molecule has 3 aromatic rings. The zero-order valence-corrected chi connectivity index (χ0v) is 14.8. The molecule has 2 aromatic carbocycles. The largest absolute Gasteiger partial charge is 0.326 e. The average molecular weight is 361 g/mol. The highest BCUT2D eigenvalue weighted by Crippen LogP contribution is 2.38. The Labute approximate surface area is 156 Å². The second kappa shape index (κ2) is 7.03. The van der Waals surface area contributed by atoms with E-state index in [1.54, 1.807) is 47.4 Å². The van der Waals surface area contributed by atoms with Gasteiger partial charge in [0.15, 0.2) is 0 Å². The Hall–Kier alpha value is -3.48. The van der Waals surface area contributed by atoms with Crippen LogP contribution in [-0.4, -0.2) is 26.6 Å². The SMILES string of the molecule is CC1CC1C(=O)Nc1ccc(C(=O)Nc2ccc(-n3cncn3)cc2)cc1. The number of nitrogens with one attached hydrogen (secondary N) is 2. The second-order valence-electron chi connectivity index (χ2n) is 6.73. The maximum Gasteiger partial charge on any atom is 0.255 e. The van der Waals surface area contributed by atoms with Crippen molar-refractivity contribution >= 4 is 23.2 Å². The van der Waals surface area contributed by atoms with Crippen LogP contribution in [0.2, 0.25) is 0 Å². The lowest BCUT2D eigenvalue weighted by Gasteiger charge is -2.08. The van der Waals surface area contributed by atoms with Crippen LogP contribution in [0.1, 0.15) is 23.7 Å². The first-order valence-electron chi connectivity index (χ1n) is 8.77. The van der Waals surface area contributed by atoms with Crippen LogP contribution in [0.3, 0.4) is 0 Å². The first kappa shape index (κ1) is 17.0. The molecule has 1 saturated carbocycles. The van der Waals surface area contributed by atoms with Crippen LogP contribution >= 0.6 is 0 Å². The summed E-state index contributed by atoms with van der Waals surface area (Å²) in [6.45, 7) is 2.07. The monoisotopic (exact) mass is 361 g/mol. The number of amides is 2. The average Bonchev–Trinajstić information content (AvgIpc) is 3.18. The van der Waals surface area contributed by atoms with Gasteiger partial charge in [-0.25, -0.2) is 9.67 Å². The minimum Gasteiger partial charge on any atom is -0.326 e. The number of carbonyl (C=O) groups excluding carboxylic acids is 2. The minimum absolute atomic E-state index is 0.0483. The van der Waals surface area contributed by atoms with Crippen molar-refractivity contribution in [1.82, 2.24) is 14.8 Å². The number of aromatic nitrogens is 3. The smallest absolute Gasteiger partial charge is 0.255 e. The Morgan fingerprint density at radius 3 is 2.22 bits per heavy atom. The van der Waals surface area contributed by atoms with Crippen LogP contribution in [0.5, 0.6) is 0 Å². The third-order valence-corrected chi connectivity index (χ3v) is 4.67. The number of benzene rings is 2. The van der Waals surface area contributed by atoms with E-state index >= 15 is 0 Å². The zero-order valence-electron chi connectivity index (χ0n) is 14.8. The van der Waals surface area contributed by atoms with E-state index in [9.17, 15) is 9.59 Å². The molecule has 2 unspecified atom stereocenters. The fourth-order valence-corrected chi connectivity index (χ4v) is 2.87. The second-order valence-corrected chi connectivity index (χ2v) is 6.73. The highest BCUT2D eigenvalue weighted by Gasteiger charge is 2.39. The molecule has 1 heterocycles. The summed E-state index contributed by atoms with van der Waals surface area (Å²) in [6, 6.07) is 14.2. The molecule has 7 nitrogen and oxygen atoms in total. The maximum absolute atomic E-state index is 12.4. The molecule has 1 fully saturated rings. The molecular formula is C20H19N5O2. The van der Waals surface area contributed by atoms with Crippen molar-refractivity contribution in [3.63, 3.8) is 0 Å². The fraction of sp³-hybridized carbons (Fsp3) is 0.200. The third-order valence-electron chi connectivity index (χ3n) is 4.67. The summed E-state index contributed by atoms with van der Waals surface area (Å²) in [5, 5.41) is 9.80. The van der Waals surface area contributed by atoms with E-state index in [-0.39, 0.29) is 17.7 Å². The summed E-state index contributed by atoms with van der Waals surface area (Å²) in [4.78, 5) is 28.3. The summed E-state index contributed by atoms with van der Waals surface area (Å²) in [7, 11) is 0. The quantitative estimate of drug-likeness (QED) is 0.731. The summed E-state index contributed by atoms with van der Waals surface area (Å²) >= 11 is 0. The molecule has 1 aliphatic carbocycles. The number of hydrogen-bond donors (Lipinski definition) is 2. The highest BCUT2D eigenvalue weighted by molar-refractivity contribution is 6.04. The molecule has 1 aliphatic rings. The summed E-state index contributed by atoms with van der Waals surface area (Å²) in [5.74, 6) is 0.420. The molecule has 0 saturated heterocycles. The van der Waals surface area contributed by atoms with Gasteiger partial charge >= 0.3 is 0 Å². The molecule has 2 N–H and O–H groups in total. The first-order valence-corrected chi connectivity index (χ1v) is 8.77. The molecule has 27 heavy (non-hydrogen) atoms. The van der Waals surface area contributed by atoms with Gasteiger partial charge in [-0.2, -0.15) is 5.10 Å². The van der Waals surface area contributed by atoms with Gasteiger partial charge in [-0.05, 0) is 60.9 Å². The van der Waals surface area contributed by atoms with Crippen molar-refractivity contribution < 1.29 is 9.59 Å². The van der Waals surface area contributed by atoms with Crippen LogP contribution in [0.15, 0.2) is 61.2 Å². The van der Waals surface area contributed by atoms with E-state index in [1.807, 2.05) is 12.1 Å². The predicted molar refractivity (Wildman–Crippen MR) is 102 cm³/mol. The van der Waals surface area contributed by atoms with Gasteiger partial charge in [0.2, 0.25) is 5.91 Å². The van der Waals surface area contributed by atoms with Gasteiger partial charge in [-0.15, -0.1) is 0 Å². The van der Waals surface area contributed by atoms with E-state index in [1.165, 1.54) is 6.33 Å². The Balaban J connectivity index is 1.37. The molecule has 2 amide bonds. The first-order chi connectivity index (χ1) is 13.1. The van der Waals surface area contributed by atoms with Crippen molar-refractivity contribution in [2.45, 2.75) is 13.3 Å². The van der Waals surface area contributed by atoms with Gasteiger partial charge in [0.1, 0.15) is 12.7 Å². The zero-order chi connectivity index (χ0) is 18.8. The van der Waals surface area contributed by atoms with Gasteiger partial charge in [0.05, 0.1) is 5.69 Å². The lowest BCUT2D eigenvalue weighted by atomic mass is 10.1. The molecule has 0 spiro atoms. The lowest BCUT2D eigenvalue weighted by Crippen LogP contribution is -2.15. The number of carbonyl (C=O) groups is 2. The summed E-state index contributed by atoms with van der Waals surface area (Å²) in [6.07, 6.45) is 4.02. The van der Waals surface area contributed by atoms with Crippen LogP contribution in [-0.2, 0) is 4.79 Å². The Bertz CT molecular complexity index is 949. The van der Waals surface area contributed by atoms with Crippen LogP contribution < -0.4 is 10.6 Å². The number of rotatable bonds is 5. The highest BCUT2D eigenvalue weighted by atomic mass is 16.2. The van der Waals surface area contributed by atoms with Gasteiger partial charge in [0.25, 0.3) is 5.91 Å². The number of hydrogen-bond acceptors (Lipinski definition) is 4. The summed E-state index contributed by atoms with van der Waals surface area (Å²) < 4.78 is 1.64. The number of nitrogens with zero attached hydrogens (tertiary/aromatic N) is 3. The van der Waals surface area contributed by atoms with E-state index in [0.29, 0.717) is 22.9 Å². The molecule has 4 rings (SSSR count). The maximum atomic E-state index is 12.4. The number of anilines is 2. The third kappa shape index (κ3) is 3.87. The van der Waals surface area contributed by atoms with Crippen molar-refractivity contribution in [3.05, 3.63) is 66.7 Å². The predicted octanol–water partition coefficient (Wildman–Crippen LogP) is 3.11. The van der Waals surface area contributed by atoms with Crippen molar-refractivity contribution in [2.24, 2.45) is 11.8 Å². The van der Waals surface area contributed by atoms with Crippen molar-refractivity contribution in [1.29, 1.82) is 0 Å². The van der Waals surface area contributed by atoms with E-state index in [2.05, 4.69) is 27.6 Å². The van der Waals surface area contributed by atoms with E-state index in [0.717, 1.165) is 12.1 Å². The molecule has 1 aromatic heterocycles. The lowest BCUT2D eigenvalue weighted by molar-refractivity contribution is -0.117. The van der Waals surface area contributed by atoms with E-state index < -0.39 is 0 Å². The van der Waals surface area contributed by atoms with Crippen molar-refractivity contribution in [2.75, 3.05) is 10.6 Å². The van der Waals surface area contributed by atoms with E-state index in [4.69, 9.17) is 0 Å². The molecule has 2 atom stereocenters. The van der Waals surface area contributed by atoms with Crippen LogP contribution in [0.25, 0.3) is 5.69 Å². The van der Waals surface area contributed by atoms with Crippen LogP contribution in [0.4, 0.5) is 11.4 Å². The molecule has 7 heteroatoms. The molecule has 0 aliphatic heterocycles. The minimum atomic E-state index is -0.211. The van der Waals surface area contributed by atoms with Crippen LogP contribution in [0, 0.1) is 11.8 Å². The molecule has 0 radical (unpaired) electrons. The molecule has 0 bridgehead atoms. The normalized spacial score (nSPS) is 18.0. The topological polar surface area (TPSA) is 88.9 Å². The van der Waals surface area contributed by atoms with Gasteiger partial charge in [0, 0.05) is 22.9 Å². The van der Waals surface area contributed by atoms with Gasteiger partial charge in [-0.1, -0.05) is 6.92 Å². The van der Waals surface area contributed by atoms with Gasteiger partial charge in [-0.3, -0.25) is 9.59 Å². The standard InChI is InChI=1S/C20H19N5O2/c1-13-10-18(13)20(27)24-15-4-2-14(3-5-15)19(26)23-16-6-8-17(9-7-16)25-12-21-11-22-25/h2-9,11-13,18H,10H2,1H3,(H,23,26)(H,24,27).